The van der Waals surface area contributed by atoms with Gasteiger partial charge in [0.25, 0.3) is 5.91 Å². The minimum absolute atomic E-state index is 0.0228. The van der Waals surface area contributed by atoms with Gasteiger partial charge in [0.15, 0.2) is 0 Å². The van der Waals surface area contributed by atoms with E-state index in [-0.39, 0.29) is 29.5 Å². The first-order valence-electron chi connectivity index (χ1n) is 13.7. The number of halogens is 1. The summed E-state index contributed by atoms with van der Waals surface area (Å²) in [6.45, 7) is 4.05. The van der Waals surface area contributed by atoms with Crippen LogP contribution in [0.15, 0.2) is 52.3 Å². The Bertz CT molecular complexity index is 1400. The molecule has 1 saturated carbocycles. The molecule has 1 unspecified atom stereocenters. The summed E-state index contributed by atoms with van der Waals surface area (Å²) in [4.78, 5) is 39.3. The number of benzene rings is 2. The number of carboxylic acid groups (broad SMARTS) is 1. The number of thiol groups is 1. The Balaban J connectivity index is 1.77. The predicted octanol–water partition coefficient (Wildman–Crippen LogP) is 6.48. The fourth-order valence-corrected chi connectivity index (χ4v) is 5.61. The predicted molar refractivity (Wildman–Crippen MR) is 154 cm³/mol. The van der Waals surface area contributed by atoms with Gasteiger partial charge in [0.1, 0.15) is 11.4 Å². The summed E-state index contributed by atoms with van der Waals surface area (Å²) in [5, 5.41) is 15.6. The monoisotopic (exact) mass is 553 g/mol. The highest BCUT2D eigenvalue weighted by Crippen LogP contribution is 2.29. The number of carbonyl (C=O) groups excluding carboxylic acids is 1. The molecule has 2 aromatic carbocycles. The van der Waals surface area contributed by atoms with Gasteiger partial charge in [-0.25, -0.2) is 4.39 Å². The highest BCUT2D eigenvalue weighted by atomic mass is 32.1. The molecule has 0 spiro atoms. The lowest BCUT2D eigenvalue weighted by Gasteiger charge is -2.26. The standard InChI is InChI=1S/C30H36FN3O4S/c1-3-20(4-2)34-17-23(30(38)33-25(16-28(35)36)18-10-12-21(39)13-11-18)29(37)22-14-24(31)26(15-27(22)34)32-19-8-6-5-7-9-19/h10-15,17,19-20,25,32,39H,3-9,16H2,1-2H3,(H,33,38)(H,35,36). The number of pyridine rings is 1. The Morgan fingerprint density at radius 3 is 2.38 bits per heavy atom. The topological polar surface area (TPSA) is 100 Å². The number of aromatic nitrogens is 1. The number of carbonyl (C=O) groups is 2. The lowest BCUT2D eigenvalue weighted by Crippen LogP contribution is -2.34. The lowest BCUT2D eigenvalue weighted by atomic mass is 9.95. The van der Waals surface area contributed by atoms with Crippen molar-refractivity contribution in [2.45, 2.75) is 88.2 Å². The summed E-state index contributed by atoms with van der Waals surface area (Å²) in [6.07, 6.45) is 8.01. The maximum absolute atomic E-state index is 15.3. The summed E-state index contributed by atoms with van der Waals surface area (Å²) in [7, 11) is 0. The van der Waals surface area contributed by atoms with E-state index in [0.717, 1.165) is 38.5 Å². The van der Waals surface area contributed by atoms with Crippen LogP contribution in [0.4, 0.5) is 10.1 Å². The molecule has 1 amide bonds. The van der Waals surface area contributed by atoms with Crippen LogP contribution in [0.5, 0.6) is 0 Å². The second-order valence-electron chi connectivity index (χ2n) is 10.3. The maximum Gasteiger partial charge on any atom is 0.305 e. The van der Waals surface area contributed by atoms with Gasteiger partial charge < -0.3 is 20.3 Å². The first kappa shape index (κ1) is 28.7. The highest BCUT2D eigenvalue weighted by Gasteiger charge is 2.24. The van der Waals surface area contributed by atoms with Gasteiger partial charge in [-0.1, -0.05) is 45.2 Å². The number of carboxylic acids is 1. The molecule has 0 aliphatic heterocycles. The highest BCUT2D eigenvalue weighted by molar-refractivity contribution is 7.80. The number of hydrogen-bond donors (Lipinski definition) is 4. The number of rotatable bonds is 10. The van der Waals surface area contributed by atoms with Crippen molar-refractivity contribution in [2.24, 2.45) is 0 Å². The van der Waals surface area contributed by atoms with Crippen LogP contribution in [-0.2, 0) is 4.79 Å². The van der Waals surface area contributed by atoms with E-state index < -0.39 is 29.2 Å². The molecule has 0 radical (unpaired) electrons. The van der Waals surface area contributed by atoms with Gasteiger partial charge in [-0.15, -0.1) is 12.6 Å². The summed E-state index contributed by atoms with van der Waals surface area (Å²) in [6, 6.07) is 9.00. The number of nitrogens with zero attached hydrogens (tertiary/aromatic N) is 1. The Morgan fingerprint density at radius 2 is 1.77 bits per heavy atom. The van der Waals surface area contributed by atoms with Crippen molar-refractivity contribution >= 4 is 41.1 Å². The maximum atomic E-state index is 15.3. The molecule has 1 aliphatic carbocycles. The van der Waals surface area contributed by atoms with Crippen LogP contribution < -0.4 is 16.1 Å². The van der Waals surface area contributed by atoms with Crippen molar-refractivity contribution in [2.75, 3.05) is 5.32 Å². The zero-order valence-electron chi connectivity index (χ0n) is 22.4. The van der Waals surface area contributed by atoms with Gasteiger partial charge in [0.05, 0.1) is 23.7 Å². The van der Waals surface area contributed by atoms with E-state index in [2.05, 4.69) is 23.3 Å². The number of amides is 1. The molecule has 208 valence electrons. The molecule has 3 aromatic rings. The molecule has 1 fully saturated rings. The van der Waals surface area contributed by atoms with Crippen LogP contribution in [0.25, 0.3) is 10.9 Å². The minimum Gasteiger partial charge on any atom is -0.481 e. The summed E-state index contributed by atoms with van der Waals surface area (Å²) in [5.74, 6) is -2.33. The molecule has 1 heterocycles. The number of fused-ring (bicyclic) bond motifs is 1. The van der Waals surface area contributed by atoms with Gasteiger partial charge in [-0.3, -0.25) is 14.4 Å². The molecule has 0 bridgehead atoms. The second-order valence-corrected chi connectivity index (χ2v) is 10.8. The lowest BCUT2D eigenvalue weighted by molar-refractivity contribution is -0.137. The third-order valence-corrected chi connectivity index (χ3v) is 7.94. The van der Waals surface area contributed by atoms with Crippen molar-refractivity contribution in [1.29, 1.82) is 0 Å². The number of anilines is 1. The van der Waals surface area contributed by atoms with Gasteiger partial charge in [0.2, 0.25) is 5.43 Å². The molecule has 1 atom stereocenters. The third-order valence-electron chi connectivity index (χ3n) is 7.65. The van der Waals surface area contributed by atoms with Crippen LogP contribution in [-0.4, -0.2) is 27.6 Å². The Hall–Kier alpha value is -3.33. The largest absolute Gasteiger partial charge is 0.481 e. The molecule has 39 heavy (non-hydrogen) atoms. The molecule has 0 saturated heterocycles. The average molecular weight is 554 g/mol. The van der Waals surface area contributed by atoms with Crippen LogP contribution in [0.1, 0.15) is 93.2 Å². The van der Waals surface area contributed by atoms with E-state index in [1.54, 1.807) is 30.3 Å². The van der Waals surface area contributed by atoms with Crippen LogP contribution in [0.3, 0.4) is 0 Å². The minimum atomic E-state index is -1.09. The molecule has 3 N–H and O–H groups in total. The Labute approximate surface area is 233 Å². The van der Waals surface area contributed by atoms with Crippen LogP contribution in [0, 0.1) is 5.82 Å². The third kappa shape index (κ3) is 6.64. The van der Waals surface area contributed by atoms with Crippen LogP contribution in [0.2, 0.25) is 0 Å². The summed E-state index contributed by atoms with van der Waals surface area (Å²) in [5.41, 5.74) is 0.765. The fraction of sp³-hybridized carbons (Fsp3) is 0.433. The normalized spacial score (nSPS) is 14.9. The Morgan fingerprint density at radius 1 is 1.10 bits per heavy atom. The molecular weight excluding hydrogens is 517 g/mol. The molecule has 7 nitrogen and oxygen atoms in total. The first-order valence-corrected chi connectivity index (χ1v) is 14.1. The quantitative estimate of drug-likeness (QED) is 0.215. The molecule has 9 heteroatoms. The Kier molecular flexibility index (Phi) is 9.32. The fourth-order valence-electron chi connectivity index (χ4n) is 5.46. The van der Waals surface area contributed by atoms with Gasteiger partial charge in [-0.2, -0.15) is 0 Å². The van der Waals surface area contributed by atoms with Gasteiger partial charge in [0, 0.05) is 28.6 Å². The van der Waals surface area contributed by atoms with Crippen molar-refractivity contribution in [3.05, 3.63) is 69.8 Å². The molecule has 1 aliphatic rings. The summed E-state index contributed by atoms with van der Waals surface area (Å²) >= 11 is 4.26. The smallest absolute Gasteiger partial charge is 0.305 e. The van der Waals surface area contributed by atoms with E-state index in [0.29, 0.717) is 21.7 Å². The van der Waals surface area contributed by atoms with E-state index in [1.807, 2.05) is 18.4 Å². The average Bonchev–Trinajstić information content (AvgIpc) is 2.91. The number of aliphatic carboxylic acids is 1. The zero-order chi connectivity index (χ0) is 28.1. The van der Waals surface area contributed by atoms with E-state index in [9.17, 15) is 19.5 Å². The SMILES string of the molecule is CCC(CC)n1cc(C(=O)NC(CC(=O)O)c2ccc(S)cc2)c(=O)c2cc(F)c(NC3CCCCC3)cc21. The van der Waals surface area contributed by atoms with Gasteiger partial charge in [-0.05, 0) is 55.5 Å². The summed E-state index contributed by atoms with van der Waals surface area (Å²) < 4.78 is 17.2. The van der Waals surface area contributed by atoms with E-state index in [4.69, 9.17) is 0 Å². The van der Waals surface area contributed by atoms with Crippen LogP contribution >= 0.6 is 12.6 Å². The van der Waals surface area contributed by atoms with E-state index >= 15 is 4.39 Å². The van der Waals surface area contributed by atoms with Gasteiger partial charge >= 0.3 is 5.97 Å². The first-order chi connectivity index (χ1) is 18.7. The molecule has 4 rings (SSSR count). The van der Waals surface area contributed by atoms with E-state index in [1.165, 1.54) is 18.7 Å². The number of hydrogen-bond acceptors (Lipinski definition) is 5. The zero-order valence-corrected chi connectivity index (χ0v) is 23.3. The molecule has 1 aromatic heterocycles. The molecular formula is C30H36FN3O4S. The van der Waals surface area contributed by atoms with Crippen molar-refractivity contribution in [1.82, 2.24) is 9.88 Å². The number of nitrogens with one attached hydrogen (secondary N) is 2. The van der Waals surface area contributed by atoms with Crippen molar-refractivity contribution in [3.63, 3.8) is 0 Å². The van der Waals surface area contributed by atoms with Crippen molar-refractivity contribution in [3.8, 4) is 0 Å². The second kappa shape index (κ2) is 12.7. The van der Waals surface area contributed by atoms with Crippen molar-refractivity contribution < 1.29 is 19.1 Å².